The van der Waals surface area contributed by atoms with Gasteiger partial charge >= 0.3 is 0 Å². The molecular formula is C31H61NO3. The van der Waals surface area contributed by atoms with E-state index >= 15 is 0 Å². The molecule has 3 N–H and O–H groups in total. The molecule has 0 spiro atoms. The normalized spacial score (nSPS) is 14.3. The summed E-state index contributed by atoms with van der Waals surface area (Å²) in [6.45, 7) is 5.91. The van der Waals surface area contributed by atoms with Crippen LogP contribution in [0.2, 0.25) is 0 Å². The first-order valence-electron chi connectivity index (χ1n) is 15.3. The maximum absolute atomic E-state index is 12.3. The van der Waals surface area contributed by atoms with E-state index in [0.29, 0.717) is 6.42 Å². The molecule has 4 heteroatoms. The highest BCUT2D eigenvalue weighted by Gasteiger charge is 2.29. The lowest BCUT2D eigenvalue weighted by atomic mass is 9.95. The van der Waals surface area contributed by atoms with Gasteiger partial charge in [0.15, 0.2) is 0 Å². The van der Waals surface area contributed by atoms with Crippen molar-refractivity contribution < 1.29 is 15.0 Å². The van der Waals surface area contributed by atoms with Gasteiger partial charge in [-0.25, -0.2) is 0 Å². The fraction of sp³-hybridized carbons (Fsp3) is 0.903. The lowest BCUT2D eigenvalue weighted by molar-refractivity contribution is -0.124. The van der Waals surface area contributed by atoms with E-state index in [1.807, 2.05) is 6.08 Å². The van der Waals surface area contributed by atoms with Crippen molar-refractivity contribution in [2.24, 2.45) is 0 Å². The van der Waals surface area contributed by atoms with Crippen LogP contribution < -0.4 is 5.32 Å². The molecule has 2 atom stereocenters. The number of hydrogen-bond acceptors (Lipinski definition) is 3. The second kappa shape index (κ2) is 24.8. The van der Waals surface area contributed by atoms with Gasteiger partial charge in [-0.15, -0.1) is 0 Å². The average molecular weight is 496 g/mol. The van der Waals surface area contributed by atoms with E-state index in [-0.39, 0.29) is 12.5 Å². The minimum Gasteiger partial charge on any atom is -0.394 e. The van der Waals surface area contributed by atoms with Crippen LogP contribution in [0.15, 0.2) is 12.2 Å². The first kappa shape index (κ1) is 34.1. The molecule has 0 aromatic carbocycles. The van der Waals surface area contributed by atoms with E-state index in [1.54, 1.807) is 13.0 Å². The quantitative estimate of drug-likeness (QED) is 0.0833. The highest BCUT2D eigenvalue weighted by Crippen LogP contribution is 2.16. The van der Waals surface area contributed by atoms with Gasteiger partial charge in [-0.2, -0.15) is 0 Å². The summed E-state index contributed by atoms with van der Waals surface area (Å²) in [5, 5.41) is 23.3. The smallest absolute Gasteiger partial charge is 0.220 e. The number of aliphatic hydroxyl groups is 2. The van der Waals surface area contributed by atoms with Gasteiger partial charge in [-0.1, -0.05) is 142 Å². The Balaban J connectivity index is 3.86. The molecule has 0 aliphatic heterocycles. The summed E-state index contributed by atoms with van der Waals surface area (Å²) in [5.74, 6) is -0.0777. The summed E-state index contributed by atoms with van der Waals surface area (Å²) in [7, 11) is 0. The largest absolute Gasteiger partial charge is 0.394 e. The van der Waals surface area contributed by atoms with E-state index in [1.165, 1.54) is 109 Å². The molecule has 0 unspecified atom stereocenters. The van der Waals surface area contributed by atoms with Crippen LogP contribution in [0, 0.1) is 0 Å². The van der Waals surface area contributed by atoms with E-state index in [0.717, 1.165) is 25.7 Å². The molecule has 0 saturated heterocycles. The number of carbonyl (C=O) groups is 1. The summed E-state index contributed by atoms with van der Waals surface area (Å²) >= 11 is 0. The molecule has 0 fully saturated rings. The first-order valence-corrected chi connectivity index (χ1v) is 15.3. The molecule has 0 rings (SSSR count). The lowest BCUT2D eigenvalue weighted by Gasteiger charge is -2.29. The monoisotopic (exact) mass is 495 g/mol. The zero-order chi connectivity index (χ0) is 26.0. The molecule has 0 aliphatic carbocycles. The second-order valence-electron chi connectivity index (χ2n) is 10.8. The molecule has 0 heterocycles. The number of rotatable bonds is 26. The third-order valence-corrected chi connectivity index (χ3v) is 7.16. The minimum absolute atomic E-state index is 0.0777. The van der Waals surface area contributed by atoms with Gasteiger partial charge in [0.1, 0.15) is 5.60 Å². The van der Waals surface area contributed by atoms with Gasteiger partial charge in [0.25, 0.3) is 0 Å². The summed E-state index contributed by atoms with van der Waals surface area (Å²) in [5.41, 5.74) is -1.24. The maximum atomic E-state index is 12.3. The van der Waals surface area contributed by atoms with Crippen molar-refractivity contribution in [3.63, 3.8) is 0 Å². The third-order valence-electron chi connectivity index (χ3n) is 7.16. The van der Waals surface area contributed by atoms with Gasteiger partial charge in [0.2, 0.25) is 5.91 Å². The Labute approximate surface area is 218 Å². The Morgan fingerprint density at radius 3 is 1.54 bits per heavy atom. The van der Waals surface area contributed by atoms with E-state index in [2.05, 4.69) is 19.2 Å². The van der Waals surface area contributed by atoms with E-state index in [9.17, 15) is 15.0 Å². The Morgan fingerprint density at radius 2 is 1.11 bits per heavy atom. The molecule has 4 nitrogen and oxygen atoms in total. The molecule has 1 amide bonds. The van der Waals surface area contributed by atoms with Crippen LogP contribution in [-0.2, 0) is 4.79 Å². The fourth-order valence-corrected chi connectivity index (χ4v) is 4.60. The minimum atomic E-state index is -1.24. The Kier molecular flexibility index (Phi) is 24.2. The summed E-state index contributed by atoms with van der Waals surface area (Å²) in [6, 6.07) is -0.665. The van der Waals surface area contributed by atoms with Crippen molar-refractivity contribution in [3.05, 3.63) is 12.2 Å². The zero-order valence-corrected chi connectivity index (χ0v) is 23.8. The number of allylic oxidation sites excluding steroid dienone is 1. The highest BCUT2D eigenvalue weighted by atomic mass is 16.3. The van der Waals surface area contributed by atoms with Crippen LogP contribution in [0.25, 0.3) is 0 Å². The predicted molar refractivity (Wildman–Crippen MR) is 152 cm³/mol. The van der Waals surface area contributed by atoms with Gasteiger partial charge in [-0.3, -0.25) is 4.79 Å². The molecule has 0 aromatic heterocycles. The molecule has 208 valence electrons. The number of amides is 1. The molecule has 35 heavy (non-hydrogen) atoms. The summed E-state index contributed by atoms with van der Waals surface area (Å²) in [4.78, 5) is 12.3. The van der Waals surface area contributed by atoms with Crippen LogP contribution >= 0.6 is 0 Å². The van der Waals surface area contributed by atoms with Gasteiger partial charge < -0.3 is 15.5 Å². The molecule has 0 aromatic rings. The standard InChI is InChI=1S/C31H61NO3/c1-4-6-8-10-12-14-15-16-17-19-21-23-25-27-31(3,35)29(28-33)32-30(34)26-24-22-20-18-13-11-9-7-5-2/h25,27,29,33,35H,4-24,26,28H2,1-3H3,(H,32,34)/b27-25+/t29-,31-/m0/s1. The Hall–Kier alpha value is -0.870. The summed E-state index contributed by atoms with van der Waals surface area (Å²) in [6.07, 6.45) is 30.7. The second-order valence-corrected chi connectivity index (χ2v) is 10.8. The highest BCUT2D eigenvalue weighted by molar-refractivity contribution is 5.76. The van der Waals surface area contributed by atoms with Crippen molar-refractivity contribution in [2.75, 3.05) is 6.61 Å². The van der Waals surface area contributed by atoms with Gasteiger partial charge in [-0.05, 0) is 26.2 Å². The van der Waals surface area contributed by atoms with Crippen molar-refractivity contribution in [2.45, 2.75) is 174 Å². The summed E-state index contributed by atoms with van der Waals surface area (Å²) < 4.78 is 0. The molecule has 0 radical (unpaired) electrons. The Morgan fingerprint density at radius 1 is 0.714 bits per heavy atom. The third kappa shape index (κ3) is 22.1. The van der Waals surface area contributed by atoms with Crippen molar-refractivity contribution in [1.82, 2.24) is 5.32 Å². The maximum Gasteiger partial charge on any atom is 0.220 e. The van der Waals surface area contributed by atoms with Crippen LogP contribution in [-0.4, -0.2) is 34.4 Å². The number of carbonyl (C=O) groups excluding carboxylic acids is 1. The van der Waals surface area contributed by atoms with E-state index < -0.39 is 11.6 Å². The SMILES string of the molecule is CCCCCCCCCCCCC/C=C/[C@](C)(O)[C@H](CO)NC(=O)CCCCCCCCCCC. The fourth-order valence-electron chi connectivity index (χ4n) is 4.60. The zero-order valence-electron chi connectivity index (χ0n) is 23.8. The molecule has 0 aliphatic rings. The van der Waals surface area contributed by atoms with Crippen molar-refractivity contribution in [1.29, 1.82) is 0 Å². The van der Waals surface area contributed by atoms with Crippen molar-refractivity contribution >= 4 is 5.91 Å². The average Bonchev–Trinajstić information content (AvgIpc) is 2.84. The Bertz CT molecular complexity index is 490. The molecular weight excluding hydrogens is 434 g/mol. The number of aliphatic hydroxyl groups excluding tert-OH is 1. The van der Waals surface area contributed by atoms with Crippen LogP contribution in [0.5, 0.6) is 0 Å². The number of hydrogen-bond donors (Lipinski definition) is 3. The molecule has 0 saturated carbocycles. The topological polar surface area (TPSA) is 69.6 Å². The van der Waals surface area contributed by atoms with E-state index in [4.69, 9.17) is 0 Å². The van der Waals surface area contributed by atoms with Crippen molar-refractivity contribution in [3.8, 4) is 0 Å². The van der Waals surface area contributed by atoms with Crippen LogP contribution in [0.3, 0.4) is 0 Å². The number of nitrogens with one attached hydrogen (secondary N) is 1. The predicted octanol–water partition coefficient (Wildman–Crippen LogP) is 8.39. The first-order chi connectivity index (χ1) is 17.0. The molecule has 0 bridgehead atoms. The number of unbranched alkanes of at least 4 members (excludes halogenated alkanes) is 19. The van der Waals surface area contributed by atoms with Gasteiger partial charge in [0.05, 0.1) is 12.6 Å². The van der Waals surface area contributed by atoms with Crippen LogP contribution in [0.1, 0.15) is 162 Å². The van der Waals surface area contributed by atoms with Crippen LogP contribution in [0.4, 0.5) is 0 Å². The lowest BCUT2D eigenvalue weighted by Crippen LogP contribution is -2.52. The van der Waals surface area contributed by atoms with Gasteiger partial charge in [0, 0.05) is 6.42 Å².